The number of phosphoric ester groups is 1. The summed E-state index contributed by atoms with van der Waals surface area (Å²) in [5, 5.41) is 13.8. The summed E-state index contributed by atoms with van der Waals surface area (Å²) in [6.45, 7) is 16.4. The van der Waals surface area contributed by atoms with E-state index in [9.17, 15) is 59.3 Å². The van der Waals surface area contributed by atoms with Crippen LogP contribution in [-0.2, 0) is 62.0 Å². The average molecular weight is 1320 g/mol. The Morgan fingerprint density at radius 3 is 2.41 bits per heavy atom. The molecule has 0 spiro atoms. The summed E-state index contributed by atoms with van der Waals surface area (Å²) in [6, 6.07) is 8.36. The first-order valence-electron chi connectivity index (χ1n) is 27.6. The van der Waals surface area contributed by atoms with Crippen LogP contribution in [-0.4, -0.2) is 131 Å². The highest BCUT2D eigenvalue weighted by Gasteiger charge is 2.48. The molecule has 0 radical (unpaired) electrons. The molecule has 88 heavy (non-hydrogen) atoms. The van der Waals surface area contributed by atoms with E-state index in [1.807, 2.05) is 41.9 Å². The van der Waals surface area contributed by atoms with Crippen molar-refractivity contribution in [2.75, 3.05) is 42.6 Å². The lowest BCUT2D eigenvalue weighted by atomic mass is 9.75. The van der Waals surface area contributed by atoms with Crippen molar-refractivity contribution in [2.45, 2.75) is 122 Å². The predicted molar refractivity (Wildman–Crippen MR) is 324 cm³/mol. The van der Waals surface area contributed by atoms with Crippen molar-refractivity contribution < 1.29 is 96.3 Å². The fourth-order valence-electron chi connectivity index (χ4n) is 11.2. The molecule has 476 valence electrons. The van der Waals surface area contributed by atoms with E-state index in [0.29, 0.717) is 17.0 Å². The Morgan fingerprint density at radius 2 is 1.74 bits per heavy atom. The second-order valence-electron chi connectivity index (χ2n) is 23.1. The highest BCUT2D eigenvalue weighted by molar-refractivity contribution is 7.86. The van der Waals surface area contributed by atoms with Gasteiger partial charge in [-0.05, 0) is 82.9 Å². The molecule has 4 aromatic rings. The highest BCUT2D eigenvalue weighted by Crippen LogP contribution is 2.66. The van der Waals surface area contributed by atoms with E-state index in [2.05, 4.69) is 112 Å². The molecule has 6 heterocycles. The minimum Gasteiger partial charge on any atom is -0.748 e. The number of nitrogens with one attached hydrogen (secondary N) is 1. The van der Waals surface area contributed by atoms with E-state index in [-0.39, 0.29) is 83.5 Å². The molecule has 2 aromatic heterocycles. The van der Waals surface area contributed by atoms with Gasteiger partial charge in [0.1, 0.15) is 48.2 Å². The zero-order valence-corrected chi connectivity index (χ0v) is 53.6. The molecule has 3 unspecified atom stereocenters. The van der Waals surface area contributed by atoms with Gasteiger partial charge in [0, 0.05) is 83.8 Å². The van der Waals surface area contributed by atoms with Gasteiger partial charge < -0.3 is 59.2 Å². The third kappa shape index (κ3) is 15.9. The average Bonchev–Trinajstić information content (AvgIpc) is 1.47. The summed E-state index contributed by atoms with van der Waals surface area (Å²) in [5.74, 6) is 6.22. The van der Waals surface area contributed by atoms with Crippen LogP contribution in [0.15, 0.2) is 96.0 Å². The Hall–Kier alpha value is -5.99. The molecule has 1 saturated heterocycles. The number of phosphoric acid groups is 3. The number of anilines is 2. The maximum atomic E-state index is 13.5. The number of carbonyl (C=O) groups excluding carboxylic acids is 1. The lowest BCUT2D eigenvalue weighted by molar-refractivity contribution is -0.437. The molecule has 0 bridgehead atoms. The minimum atomic E-state index is -5.81. The normalized spacial score (nSPS) is 22.2. The smallest absolute Gasteiger partial charge is 0.490 e. The number of allylic oxidation sites excluding steroid dienone is 9. The van der Waals surface area contributed by atoms with E-state index in [1.54, 1.807) is 6.08 Å². The molecule has 2 aromatic carbocycles. The van der Waals surface area contributed by atoms with Gasteiger partial charge in [-0.1, -0.05) is 63.0 Å². The third-order valence-corrected chi connectivity index (χ3v) is 20.6. The van der Waals surface area contributed by atoms with Crippen molar-refractivity contribution >= 4 is 94.7 Å². The topological polar surface area (TPSA) is 402 Å². The van der Waals surface area contributed by atoms with Crippen LogP contribution in [0.5, 0.6) is 5.75 Å². The second kappa shape index (κ2) is 25.7. The molecule has 1 amide bonds. The van der Waals surface area contributed by atoms with Crippen molar-refractivity contribution in [1.29, 1.82) is 0 Å². The number of rotatable bonds is 22. The minimum absolute atomic E-state index is 0.00569. The molecule has 0 aliphatic carbocycles. The van der Waals surface area contributed by atoms with Crippen LogP contribution in [0.3, 0.4) is 0 Å². The maximum Gasteiger partial charge on any atom is 0.490 e. The van der Waals surface area contributed by atoms with Gasteiger partial charge in [-0.3, -0.25) is 13.9 Å². The van der Waals surface area contributed by atoms with Gasteiger partial charge in [-0.2, -0.15) is 21.6 Å². The number of carbonyl (C=O) groups is 1. The fraction of sp³-hybridized carbons (Fsp3) is 0.429. The Labute approximate surface area is 509 Å². The van der Waals surface area contributed by atoms with Gasteiger partial charge >= 0.3 is 23.5 Å². The number of aromatic nitrogens is 3. The standard InChI is InChI=1S/C56H70N7O20P3S2/c1-9-63-43-29-45-40(28-39(43)35(2)31-55(63,6)7)36(26-48(80-45)54(3,4)5)16-11-10-12-18-47-56(8,41-27-38(88(76,77)78)20-21-42(41)61(47)24-15-25-87(73,74)75)22-13-19-49(65)58-23-14-17-37-32-62(53-51(37)52(57)59-34-60-53)50-30-44(64)46(81-50)33-79-85(69,70)83-86(71,72)82-84(66,67)68/h10-12,16,18,20-21,26-29,31-32,34,44,46,50,64H,9,13,15,19,22-25,30,33H2,1-8H3,(H8-,57,58,59,60,65,66,67,68,69,70,71,72,73,74,75,76,77,78)/t44-,46+,50+,56?/m0/s1. The Balaban J connectivity index is 1.00. The Kier molecular flexibility index (Phi) is 19.9. The first-order chi connectivity index (χ1) is 40.8. The molecule has 27 nitrogen and oxygen atoms in total. The number of fused-ring (bicyclic) bond motifs is 4. The number of aliphatic hydroxyl groups is 1. The molecule has 9 N–H and O–H groups in total. The molecule has 1 fully saturated rings. The van der Waals surface area contributed by atoms with Crippen LogP contribution in [0.25, 0.3) is 22.2 Å². The number of nitrogens with zero attached hydrogens (tertiary/aromatic N) is 5. The second-order valence-corrected chi connectivity index (χ2v) is 30.5. The predicted octanol–water partition coefficient (Wildman–Crippen LogP) is 7.42. The molecule has 6 atom stereocenters. The van der Waals surface area contributed by atoms with E-state index in [0.717, 1.165) is 52.3 Å². The van der Waals surface area contributed by atoms with Crippen LogP contribution in [0.4, 0.5) is 17.2 Å². The van der Waals surface area contributed by atoms with Gasteiger partial charge in [-0.15, -0.1) is 0 Å². The number of benzene rings is 2. The van der Waals surface area contributed by atoms with Crippen molar-refractivity contribution in [1.82, 2.24) is 19.9 Å². The summed E-state index contributed by atoms with van der Waals surface area (Å²) in [6.07, 6.45) is 12.6. The number of ether oxygens (including phenoxy) is 2. The third-order valence-electron chi connectivity index (χ3n) is 15.1. The van der Waals surface area contributed by atoms with Crippen molar-refractivity contribution in [3.05, 3.63) is 113 Å². The van der Waals surface area contributed by atoms with Crippen LogP contribution in [0.1, 0.15) is 116 Å². The summed E-state index contributed by atoms with van der Waals surface area (Å²) in [5.41, 5.74) is 11.8. The number of aliphatic hydroxyl groups excluding tert-OH is 1. The molecule has 4 aliphatic heterocycles. The molecular weight excluding hydrogens is 1250 g/mol. The first-order valence-corrected chi connectivity index (χ1v) is 35.1. The molecule has 0 saturated carbocycles. The highest BCUT2D eigenvalue weighted by atomic mass is 32.2. The van der Waals surface area contributed by atoms with Crippen LogP contribution >= 0.6 is 23.5 Å². The van der Waals surface area contributed by atoms with Crippen LogP contribution in [0.2, 0.25) is 0 Å². The summed E-state index contributed by atoms with van der Waals surface area (Å²) in [4.78, 5) is 60.8. The van der Waals surface area contributed by atoms with Crippen molar-refractivity contribution in [2.24, 2.45) is 5.41 Å². The van der Waals surface area contributed by atoms with Crippen molar-refractivity contribution in [3.63, 3.8) is 0 Å². The first kappa shape index (κ1) is 67.9. The zero-order valence-electron chi connectivity index (χ0n) is 49.3. The van der Waals surface area contributed by atoms with Crippen LogP contribution < -0.4 is 20.7 Å². The summed E-state index contributed by atoms with van der Waals surface area (Å²) >= 11 is 0. The van der Waals surface area contributed by atoms with E-state index in [1.165, 1.54) is 29.0 Å². The number of nitrogens with two attached hydrogens (primary N) is 1. The van der Waals surface area contributed by atoms with E-state index >= 15 is 0 Å². The van der Waals surface area contributed by atoms with Gasteiger partial charge in [0.05, 0.1) is 56.2 Å². The zero-order chi connectivity index (χ0) is 64.7. The van der Waals surface area contributed by atoms with E-state index < -0.39 is 85.8 Å². The quantitative estimate of drug-likeness (QED) is 0.0125. The number of likely N-dealkylation sites (N-methyl/N-ethyl adjacent to an activating group) is 1. The maximum absolute atomic E-state index is 13.5. The molecule has 8 rings (SSSR count). The number of hydrogen-bond acceptors (Lipinski definition) is 19. The van der Waals surface area contributed by atoms with Gasteiger partial charge in [-0.25, -0.2) is 32.1 Å². The van der Waals surface area contributed by atoms with Gasteiger partial charge in [0.25, 0.3) is 10.1 Å². The lowest BCUT2D eigenvalue weighted by Gasteiger charge is -2.43. The lowest BCUT2D eigenvalue weighted by Crippen LogP contribution is -2.45. The number of amides is 1. The van der Waals surface area contributed by atoms with E-state index in [4.69, 9.17) is 25.0 Å². The molecule has 4 aliphatic rings. The summed E-state index contributed by atoms with van der Waals surface area (Å²) in [7, 11) is -26.3. The Bertz CT molecular complexity index is 4100. The van der Waals surface area contributed by atoms with Gasteiger partial charge in [0.15, 0.2) is 5.71 Å². The SMILES string of the molecule is CCN1c2cc3c(cc2C(C)=CC1(C)C)C(=CC=CC=CC1=[N+](CCCS(=O)(=O)[O-])c2ccc(S(=O)(=O)O)cc2C1(C)CCCC(=O)NCC#Cc1cn([C@H]2C[C@H](O)[C@@H](COP(=O)(O)OP(=O)(O)OP(=O)(O)O)O2)c2ncnc(N)c12)C=C(C(C)(C)C)O3. The largest absolute Gasteiger partial charge is 0.748 e. The molecule has 32 heteroatoms. The van der Waals surface area contributed by atoms with Gasteiger partial charge in [0.2, 0.25) is 11.6 Å². The summed E-state index contributed by atoms with van der Waals surface area (Å²) < 4.78 is 134. The number of nitrogen functional groups attached to an aromatic ring is 1. The van der Waals surface area contributed by atoms with Crippen molar-refractivity contribution in [3.8, 4) is 17.6 Å². The van der Waals surface area contributed by atoms with Crippen LogP contribution in [0, 0.1) is 17.3 Å². The molecular formula is C56H70N7O20P3S2. The monoisotopic (exact) mass is 1320 g/mol. The Morgan fingerprint density at radius 1 is 1.01 bits per heavy atom. The fourth-order valence-corrected chi connectivity index (χ4v) is 15.3. The number of hydrogen-bond donors (Lipinski definition) is 8.